The van der Waals surface area contributed by atoms with Gasteiger partial charge >= 0.3 is 17.6 Å². The van der Waals surface area contributed by atoms with Crippen molar-refractivity contribution >= 4 is 31.6 Å². The van der Waals surface area contributed by atoms with Gasteiger partial charge in [-0.15, -0.1) is 5.54 Å². The van der Waals surface area contributed by atoms with E-state index in [1.54, 1.807) is 0 Å². The molecule has 0 saturated carbocycles. The summed E-state index contributed by atoms with van der Waals surface area (Å²) in [5.41, 5.74) is 1.33. The minimum absolute atomic E-state index is 0.0784. The first-order valence-corrected chi connectivity index (χ1v) is 14.7. The first-order chi connectivity index (χ1) is 17.1. The molecule has 0 radical (unpaired) electrons. The molecular weight excluding hydrogens is 506 g/mol. The third kappa shape index (κ3) is 5.85. The number of hydrogen-bond acceptors (Lipinski definition) is 9. The molecule has 1 fully saturated rings. The van der Waals surface area contributed by atoms with E-state index in [1.165, 1.54) is 41.9 Å². The summed E-state index contributed by atoms with van der Waals surface area (Å²) in [6.45, 7) is 8.61. The molecule has 3 heterocycles. The highest BCUT2D eigenvalue weighted by atomic mass is 35.5. The zero-order chi connectivity index (χ0) is 26.5. The summed E-state index contributed by atoms with van der Waals surface area (Å²) in [6.07, 6.45) is 2.29. The van der Waals surface area contributed by atoms with Crippen molar-refractivity contribution in [3.63, 3.8) is 0 Å². The number of aromatic nitrogens is 5. The highest BCUT2D eigenvalue weighted by Gasteiger charge is 2.52. The van der Waals surface area contributed by atoms with Gasteiger partial charge in [0.25, 0.3) is 0 Å². The van der Waals surface area contributed by atoms with E-state index in [1.807, 2.05) is 0 Å². The van der Waals surface area contributed by atoms with Gasteiger partial charge in [0.05, 0.1) is 0 Å². The van der Waals surface area contributed by atoms with Crippen molar-refractivity contribution in [3.05, 3.63) is 34.4 Å². The van der Waals surface area contributed by atoms with Gasteiger partial charge in [0, 0.05) is 26.5 Å². The van der Waals surface area contributed by atoms with Crippen LogP contribution in [0.1, 0.15) is 47.3 Å². The largest absolute Gasteiger partial charge is 0.462 e. The maximum atomic E-state index is 13.0. The monoisotopic (exact) mass is 535 g/mol. The molecule has 0 unspecified atom stereocenters. The molecule has 2 aromatic rings. The lowest BCUT2D eigenvalue weighted by molar-refractivity contribution is -0.164. The predicted molar refractivity (Wildman–Crippen MR) is 133 cm³/mol. The van der Waals surface area contributed by atoms with Crippen LogP contribution >= 0.6 is 11.6 Å². The van der Waals surface area contributed by atoms with Gasteiger partial charge in [-0.1, -0.05) is 38.3 Å². The number of carbonyl (C=O) groups is 2. The van der Waals surface area contributed by atoms with Crippen molar-refractivity contribution < 1.29 is 23.8 Å². The van der Waals surface area contributed by atoms with Crippen LogP contribution in [0.25, 0.3) is 5.82 Å². The predicted octanol–water partition coefficient (Wildman–Crippen LogP) is 2.68. The van der Waals surface area contributed by atoms with Crippen molar-refractivity contribution in [3.8, 4) is 17.3 Å². The molecular formula is C23H30ClN5O6Si. The normalized spacial score (nSPS) is 21.5. The van der Waals surface area contributed by atoms with Gasteiger partial charge in [-0.3, -0.25) is 14.2 Å². The first-order valence-electron chi connectivity index (χ1n) is 11.7. The maximum Gasteiger partial charge on any atom is 0.351 e. The van der Waals surface area contributed by atoms with Crippen LogP contribution in [0.3, 0.4) is 0 Å². The number of nitrogens with zero attached hydrogens (tertiary/aromatic N) is 5. The summed E-state index contributed by atoms with van der Waals surface area (Å²) >= 11 is 6.40. The molecule has 3 rings (SSSR count). The Balaban J connectivity index is 2.08. The SMILES string of the molecule is CC[Si](C#C[C@]1(COC(C)=O)O[C@@H](n2cc(Cl)c(-n3cncn3)nc2=O)C[C@@H]1OC(C)=O)(CC)CC. The average molecular weight is 536 g/mol. The molecule has 1 aliphatic heterocycles. The number of ether oxygens (including phenoxy) is 3. The first kappa shape index (κ1) is 27.6. The Kier molecular flexibility index (Phi) is 8.70. The van der Waals surface area contributed by atoms with Crippen molar-refractivity contribution in [2.75, 3.05) is 6.61 Å². The minimum Gasteiger partial charge on any atom is -0.462 e. The Hall–Kier alpha value is -3.01. The quantitative estimate of drug-likeness (QED) is 0.284. The van der Waals surface area contributed by atoms with Crippen LogP contribution in [0.15, 0.2) is 23.6 Å². The van der Waals surface area contributed by atoms with Gasteiger partial charge < -0.3 is 14.2 Å². The standard InChI is InChI=1S/C23H30ClN5O6Si/c1-6-36(7-2,8-3)10-9-23(13-33-16(4)30)19(34-17(5)31)11-20(35-23)28-12-18(24)21(27-22(28)32)29-15-25-14-26-29/h12,14-15,19-20H,6-8,11,13H2,1-5H3/t19-,20+,23+/m0/s1. The third-order valence-corrected chi connectivity index (χ3v) is 11.5. The van der Waals surface area contributed by atoms with E-state index in [-0.39, 0.29) is 23.9 Å². The summed E-state index contributed by atoms with van der Waals surface area (Å²) in [6, 6.07) is 2.79. The van der Waals surface area contributed by atoms with E-state index in [0.717, 1.165) is 18.1 Å². The molecule has 1 aliphatic rings. The molecule has 0 N–H and O–H groups in total. The lowest BCUT2D eigenvalue weighted by atomic mass is 9.98. The molecule has 2 aromatic heterocycles. The Morgan fingerprint density at radius 3 is 2.50 bits per heavy atom. The van der Waals surface area contributed by atoms with Crippen molar-refractivity contribution in [1.29, 1.82) is 0 Å². The van der Waals surface area contributed by atoms with Crippen LogP contribution < -0.4 is 5.69 Å². The van der Waals surface area contributed by atoms with E-state index < -0.39 is 43.6 Å². The Morgan fingerprint density at radius 1 is 1.25 bits per heavy atom. The third-order valence-electron chi connectivity index (χ3n) is 6.48. The van der Waals surface area contributed by atoms with E-state index in [2.05, 4.69) is 47.3 Å². The number of carbonyl (C=O) groups excluding carboxylic acids is 2. The summed E-state index contributed by atoms with van der Waals surface area (Å²) in [5, 5.41) is 4.08. The van der Waals surface area contributed by atoms with Gasteiger partial charge in [-0.25, -0.2) is 14.5 Å². The lowest BCUT2D eigenvalue weighted by Crippen LogP contribution is -2.46. The highest BCUT2D eigenvalue weighted by Crippen LogP contribution is 2.39. The molecule has 0 amide bonds. The minimum atomic E-state index is -1.96. The molecule has 0 aromatic carbocycles. The van der Waals surface area contributed by atoms with Crippen molar-refractivity contribution in [1.82, 2.24) is 24.3 Å². The molecule has 0 bridgehead atoms. The van der Waals surface area contributed by atoms with Crippen LogP contribution in [0.4, 0.5) is 0 Å². The number of hydrogen-bond donors (Lipinski definition) is 0. The second kappa shape index (κ2) is 11.4. The van der Waals surface area contributed by atoms with Gasteiger partial charge in [-0.05, 0) is 18.1 Å². The molecule has 0 spiro atoms. The molecule has 3 atom stereocenters. The summed E-state index contributed by atoms with van der Waals surface area (Å²) in [5.74, 6) is 2.24. The van der Waals surface area contributed by atoms with Gasteiger partial charge in [0.1, 0.15) is 44.7 Å². The molecule has 11 nitrogen and oxygen atoms in total. The van der Waals surface area contributed by atoms with Crippen molar-refractivity contribution in [2.45, 2.75) is 77.1 Å². The van der Waals surface area contributed by atoms with Crippen LogP contribution in [0, 0.1) is 11.5 Å². The lowest BCUT2D eigenvalue weighted by Gasteiger charge is -2.29. The average Bonchev–Trinajstić information content (AvgIpc) is 3.49. The Morgan fingerprint density at radius 2 is 1.94 bits per heavy atom. The fraction of sp³-hybridized carbons (Fsp3) is 0.565. The zero-order valence-electron chi connectivity index (χ0n) is 21.0. The van der Waals surface area contributed by atoms with Crippen LogP contribution in [0.2, 0.25) is 23.2 Å². The van der Waals surface area contributed by atoms with Crippen LogP contribution in [0.5, 0.6) is 0 Å². The molecule has 194 valence electrons. The Labute approximate surface area is 215 Å². The second-order valence-electron chi connectivity index (χ2n) is 8.61. The second-order valence-corrected chi connectivity index (χ2v) is 13.9. The van der Waals surface area contributed by atoms with E-state index in [4.69, 9.17) is 25.8 Å². The van der Waals surface area contributed by atoms with Gasteiger partial charge in [0.15, 0.2) is 5.82 Å². The van der Waals surface area contributed by atoms with Crippen molar-refractivity contribution in [2.24, 2.45) is 0 Å². The number of halogens is 1. The number of esters is 2. The fourth-order valence-electron chi connectivity index (χ4n) is 4.11. The summed E-state index contributed by atoms with van der Waals surface area (Å²) in [7, 11) is -1.96. The highest BCUT2D eigenvalue weighted by molar-refractivity contribution is 6.87. The maximum absolute atomic E-state index is 13.0. The molecule has 0 aliphatic carbocycles. The fourth-order valence-corrected chi connectivity index (χ4v) is 6.85. The molecule has 1 saturated heterocycles. The van der Waals surface area contributed by atoms with Gasteiger partial charge in [0.2, 0.25) is 5.60 Å². The van der Waals surface area contributed by atoms with E-state index in [9.17, 15) is 14.4 Å². The topological polar surface area (TPSA) is 127 Å². The van der Waals surface area contributed by atoms with E-state index in [0.29, 0.717) is 0 Å². The summed E-state index contributed by atoms with van der Waals surface area (Å²) < 4.78 is 19.7. The zero-order valence-corrected chi connectivity index (χ0v) is 22.7. The molecule has 13 heteroatoms. The Bertz CT molecular complexity index is 1210. The smallest absolute Gasteiger partial charge is 0.351 e. The summed E-state index contributed by atoms with van der Waals surface area (Å²) in [4.78, 5) is 44.5. The molecule has 36 heavy (non-hydrogen) atoms. The number of rotatable bonds is 8. The van der Waals surface area contributed by atoms with Gasteiger partial charge in [-0.2, -0.15) is 10.1 Å². The van der Waals surface area contributed by atoms with E-state index >= 15 is 0 Å². The van der Waals surface area contributed by atoms with Crippen LogP contribution in [-0.2, 0) is 23.8 Å². The van der Waals surface area contributed by atoms with Crippen LogP contribution in [-0.4, -0.2) is 62.6 Å².